The van der Waals surface area contributed by atoms with Gasteiger partial charge in [0.15, 0.2) is 0 Å². The molecular formula is C10H12FNOS. The van der Waals surface area contributed by atoms with Gasteiger partial charge in [-0.3, -0.25) is 4.79 Å². The van der Waals surface area contributed by atoms with Crippen molar-refractivity contribution in [3.63, 3.8) is 0 Å². The quantitative estimate of drug-likeness (QED) is 0.835. The summed E-state index contributed by atoms with van der Waals surface area (Å²) in [6.07, 6.45) is 1.84. The summed E-state index contributed by atoms with van der Waals surface area (Å²) < 4.78 is 13.1. The van der Waals surface area contributed by atoms with Crippen LogP contribution >= 0.6 is 11.8 Å². The molecular weight excluding hydrogens is 201 g/mol. The predicted molar refractivity (Wildman–Crippen MR) is 58.1 cm³/mol. The molecule has 2 nitrogen and oxygen atoms in total. The molecule has 0 atom stereocenters. The lowest BCUT2D eigenvalue weighted by atomic mass is 10.2. The van der Waals surface area contributed by atoms with Crippen molar-refractivity contribution in [1.82, 2.24) is 0 Å². The van der Waals surface area contributed by atoms with Crippen molar-refractivity contribution in [3.05, 3.63) is 29.6 Å². The Kier molecular flexibility index (Phi) is 3.95. The van der Waals surface area contributed by atoms with E-state index in [4.69, 9.17) is 0 Å². The van der Waals surface area contributed by atoms with E-state index in [9.17, 15) is 9.18 Å². The van der Waals surface area contributed by atoms with Gasteiger partial charge in [0, 0.05) is 5.69 Å². The number of rotatable bonds is 3. The van der Waals surface area contributed by atoms with E-state index in [1.807, 2.05) is 6.26 Å². The molecule has 0 fully saturated rings. The van der Waals surface area contributed by atoms with Crippen molar-refractivity contribution in [2.75, 3.05) is 17.3 Å². The summed E-state index contributed by atoms with van der Waals surface area (Å²) in [5.74, 6) is -0.0251. The first kappa shape index (κ1) is 11.0. The molecule has 0 bridgehead atoms. The van der Waals surface area contributed by atoms with Crippen LogP contribution in [0.15, 0.2) is 18.2 Å². The lowest BCUT2D eigenvalue weighted by Gasteiger charge is -2.04. The topological polar surface area (TPSA) is 29.1 Å². The minimum absolute atomic E-state index is 0.110. The fourth-order valence-electron chi connectivity index (χ4n) is 0.999. The van der Waals surface area contributed by atoms with E-state index < -0.39 is 0 Å². The molecule has 1 N–H and O–H groups in total. The summed E-state index contributed by atoms with van der Waals surface area (Å²) in [5.41, 5.74) is 1.08. The van der Waals surface area contributed by atoms with E-state index in [-0.39, 0.29) is 11.7 Å². The van der Waals surface area contributed by atoms with Gasteiger partial charge in [-0.1, -0.05) is 6.07 Å². The number of thioether (sulfide) groups is 1. The van der Waals surface area contributed by atoms with Crippen LogP contribution in [0.25, 0.3) is 0 Å². The molecule has 1 rings (SSSR count). The highest BCUT2D eigenvalue weighted by atomic mass is 32.2. The van der Waals surface area contributed by atoms with Crippen molar-refractivity contribution in [3.8, 4) is 0 Å². The van der Waals surface area contributed by atoms with Crippen LogP contribution in [0.2, 0.25) is 0 Å². The highest BCUT2D eigenvalue weighted by Crippen LogP contribution is 2.13. The van der Waals surface area contributed by atoms with Crippen molar-refractivity contribution >= 4 is 23.4 Å². The zero-order valence-corrected chi connectivity index (χ0v) is 8.95. The molecule has 1 aromatic rings. The van der Waals surface area contributed by atoms with Crippen molar-refractivity contribution in [2.45, 2.75) is 6.92 Å². The van der Waals surface area contributed by atoms with E-state index >= 15 is 0 Å². The minimum Gasteiger partial charge on any atom is -0.325 e. The molecule has 0 heterocycles. The summed E-state index contributed by atoms with van der Waals surface area (Å²) in [6, 6.07) is 4.66. The zero-order valence-electron chi connectivity index (χ0n) is 8.13. The smallest absolute Gasteiger partial charge is 0.234 e. The first-order chi connectivity index (χ1) is 6.63. The molecule has 0 aliphatic carbocycles. The van der Waals surface area contributed by atoms with Crippen LogP contribution in [0, 0.1) is 12.7 Å². The zero-order chi connectivity index (χ0) is 10.6. The number of benzene rings is 1. The Morgan fingerprint density at radius 1 is 1.57 bits per heavy atom. The van der Waals surface area contributed by atoms with E-state index in [0.29, 0.717) is 17.0 Å². The summed E-state index contributed by atoms with van der Waals surface area (Å²) in [4.78, 5) is 11.2. The van der Waals surface area contributed by atoms with E-state index in [1.54, 1.807) is 19.1 Å². The molecule has 1 aromatic carbocycles. The first-order valence-corrected chi connectivity index (χ1v) is 5.58. The van der Waals surface area contributed by atoms with Crippen LogP contribution in [-0.2, 0) is 4.79 Å². The fraction of sp³-hybridized carbons (Fsp3) is 0.300. The summed E-state index contributed by atoms with van der Waals surface area (Å²) >= 11 is 1.43. The second kappa shape index (κ2) is 5.00. The maximum absolute atomic E-state index is 13.1. The molecule has 0 saturated carbocycles. The third-order valence-corrected chi connectivity index (χ3v) is 2.28. The van der Waals surface area contributed by atoms with Gasteiger partial charge >= 0.3 is 0 Å². The second-order valence-corrected chi connectivity index (χ2v) is 3.81. The number of carbonyl (C=O) groups is 1. The summed E-state index contributed by atoms with van der Waals surface area (Å²) in [5, 5.41) is 2.61. The number of hydrogen-bond donors (Lipinski definition) is 1. The van der Waals surface area contributed by atoms with Gasteiger partial charge in [-0.2, -0.15) is 11.8 Å². The van der Waals surface area contributed by atoms with Gasteiger partial charge in [0.25, 0.3) is 0 Å². The largest absolute Gasteiger partial charge is 0.325 e. The molecule has 0 radical (unpaired) electrons. The van der Waals surface area contributed by atoms with E-state index in [1.165, 1.54) is 17.8 Å². The monoisotopic (exact) mass is 213 g/mol. The number of hydrogen-bond acceptors (Lipinski definition) is 2. The summed E-state index contributed by atoms with van der Waals surface area (Å²) in [7, 11) is 0. The fourth-order valence-corrected chi connectivity index (χ4v) is 1.33. The first-order valence-electron chi connectivity index (χ1n) is 4.18. The summed E-state index contributed by atoms with van der Waals surface area (Å²) in [6.45, 7) is 1.68. The number of amides is 1. The maximum atomic E-state index is 13.1. The van der Waals surface area contributed by atoms with Gasteiger partial charge in [-0.25, -0.2) is 4.39 Å². The molecule has 4 heteroatoms. The molecule has 0 aliphatic heterocycles. The standard InChI is InChI=1S/C10H12FNOS/c1-7-3-4-8(5-9(7)11)12-10(13)6-14-2/h3-5H,6H2,1-2H3,(H,12,13). The normalized spacial score (nSPS) is 9.93. The Morgan fingerprint density at radius 3 is 2.86 bits per heavy atom. The average molecular weight is 213 g/mol. The van der Waals surface area contributed by atoms with E-state index in [2.05, 4.69) is 5.32 Å². The Labute approximate surface area is 86.9 Å². The minimum atomic E-state index is -0.299. The molecule has 0 aliphatic rings. The van der Waals surface area contributed by atoms with Crippen LogP contribution in [-0.4, -0.2) is 17.9 Å². The number of carbonyl (C=O) groups excluding carboxylic acids is 1. The van der Waals surface area contributed by atoms with Gasteiger partial charge in [0.05, 0.1) is 5.75 Å². The average Bonchev–Trinajstić information content (AvgIpc) is 2.12. The Balaban J connectivity index is 2.68. The SMILES string of the molecule is CSCC(=O)Nc1ccc(C)c(F)c1. The van der Waals surface area contributed by atoms with Crippen molar-refractivity contribution < 1.29 is 9.18 Å². The molecule has 0 aromatic heterocycles. The van der Waals surface area contributed by atoms with E-state index in [0.717, 1.165) is 0 Å². The molecule has 14 heavy (non-hydrogen) atoms. The van der Waals surface area contributed by atoms with Gasteiger partial charge in [-0.15, -0.1) is 0 Å². The lowest BCUT2D eigenvalue weighted by molar-refractivity contribution is -0.113. The third kappa shape index (κ3) is 3.03. The molecule has 0 unspecified atom stereocenters. The van der Waals surface area contributed by atoms with Gasteiger partial charge in [0.1, 0.15) is 5.82 Å². The molecule has 0 saturated heterocycles. The number of halogens is 1. The van der Waals surface area contributed by atoms with Crippen LogP contribution in [0.4, 0.5) is 10.1 Å². The van der Waals surface area contributed by atoms with Gasteiger partial charge in [0.2, 0.25) is 5.91 Å². The van der Waals surface area contributed by atoms with Crippen LogP contribution in [0.5, 0.6) is 0 Å². The Morgan fingerprint density at radius 2 is 2.29 bits per heavy atom. The predicted octanol–water partition coefficient (Wildman–Crippen LogP) is 2.44. The highest BCUT2D eigenvalue weighted by molar-refractivity contribution is 7.99. The third-order valence-electron chi connectivity index (χ3n) is 1.73. The Bertz CT molecular complexity index is 341. The maximum Gasteiger partial charge on any atom is 0.234 e. The lowest BCUT2D eigenvalue weighted by Crippen LogP contribution is -2.13. The van der Waals surface area contributed by atoms with Crippen molar-refractivity contribution in [2.24, 2.45) is 0 Å². The van der Waals surface area contributed by atoms with Crippen LogP contribution in [0.3, 0.4) is 0 Å². The molecule has 76 valence electrons. The Hall–Kier alpha value is -1.03. The van der Waals surface area contributed by atoms with Crippen molar-refractivity contribution in [1.29, 1.82) is 0 Å². The van der Waals surface area contributed by atoms with Gasteiger partial charge in [-0.05, 0) is 30.9 Å². The number of anilines is 1. The number of aryl methyl sites for hydroxylation is 1. The number of nitrogens with one attached hydrogen (secondary N) is 1. The molecule has 0 spiro atoms. The molecule has 1 amide bonds. The second-order valence-electron chi connectivity index (χ2n) is 2.95. The highest BCUT2D eigenvalue weighted by Gasteiger charge is 2.03. The van der Waals surface area contributed by atoms with Gasteiger partial charge < -0.3 is 5.32 Å². The van der Waals surface area contributed by atoms with Crippen LogP contribution < -0.4 is 5.32 Å². The van der Waals surface area contributed by atoms with Crippen LogP contribution in [0.1, 0.15) is 5.56 Å².